The molecule has 0 radical (unpaired) electrons. The number of anilines is 1. The smallest absolute Gasteiger partial charge is 0.228 e. The molecule has 146 valence electrons. The average molecular weight is 390 g/mol. The summed E-state index contributed by atoms with van der Waals surface area (Å²) in [5.41, 5.74) is 4.80. The summed E-state index contributed by atoms with van der Waals surface area (Å²) in [6.45, 7) is 3.76. The molecular formula is C22H19FN4O2. The van der Waals surface area contributed by atoms with Crippen LogP contribution >= 0.6 is 0 Å². The number of halogens is 1. The summed E-state index contributed by atoms with van der Waals surface area (Å²) in [5, 5.41) is 7.41. The van der Waals surface area contributed by atoms with Crippen molar-refractivity contribution in [3.63, 3.8) is 0 Å². The second-order valence-corrected chi connectivity index (χ2v) is 6.71. The van der Waals surface area contributed by atoms with E-state index in [1.165, 1.54) is 18.5 Å². The van der Waals surface area contributed by atoms with Crippen LogP contribution in [-0.4, -0.2) is 20.7 Å². The molecule has 0 fully saturated rings. The lowest BCUT2D eigenvalue weighted by Gasteiger charge is -2.07. The van der Waals surface area contributed by atoms with Gasteiger partial charge in [0.05, 0.1) is 24.0 Å². The molecule has 29 heavy (non-hydrogen) atoms. The van der Waals surface area contributed by atoms with E-state index in [9.17, 15) is 9.18 Å². The fourth-order valence-electron chi connectivity index (χ4n) is 3.21. The summed E-state index contributed by atoms with van der Waals surface area (Å²) in [4.78, 5) is 16.5. The summed E-state index contributed by atoms with van der Waals surface area (Å²) < 4.78 is 20.2. The number of benzene rings is 2. The number of nitrogens with one attached hydrogen (secondary N) is 1. The van der Waals surface area contributed by atoms with Gasteiger partial charge in [0.25, 0.3) is 0 Å². The molecule has 2 aromatic heterocycles. The van der Waals surface area contributed by atoms with E-state index in [1.54, 1.807) is 23.0 Å². The lowest BCUT2D eigenvalue weighted by molar-refractivity contribution is -0.115. The average Bonchev–Trinajstić information content (AvgIpc) is 3.34. The van der Waals surface area contributed by atoms with Crippen LogP contribution in [0.1, 0.15) is 17.0 Å². The van der Waals surface area contributed by atoms with Crippen molar-refractivity contribution < 1.29 is 13.6 Å². The van der Waals surface area contributed by atoms with Crippen LogP contribution in [-0.2, 0) is 11.2 Å². The van der Waals surface area contributed by atoms with E-state index in [0.717, 1.165) is 28.2 Å². The maximum atomic E-state index is 13.2. The second kappa shape index (κ2) is 7.71. The van der Waals surface area contributed by atoms with E-state index in [4.69, 9.17) is 4.42 Å². The molecule has 0 spiro atoms. The van der Waals surface area contributed by atoms with Gasteiger partial charge in [0.15, 0.2) is 12.2 Å². The van der Waals surface area contributed by atoms with Gasteiger partial charge in [-0.05, 0) is 62.4 Å². The highest BCUT2D eigenvalue weighted by molar-refractivity contribution is 5.92. The molecule has 2 aromatic carbocycles. The minimum Gasteiger partial charge on any atom is -0.444 e. The molecule has 0 aliphatic heterocycles. The number of amides is 1. The van der Waals surface area contributed by atoms with Crippen molar-refractivity contribution in [3.05, 3.63) is 83.9 Å². The zero-order valence-electron chi connectivity index (χ0n) is 16.0. The molecule has 4 rings (SSSR count). The van der Waals surface area contributed by atoms with Crippen molar-refractivity contribution in [2.24, 2.45) is 0 Å². The monoisotopic (exact) mass is 390 g/mol. The van der Waals surface area contributed by atoms with Crippen LogP contribution in [0.4, 0.5) is 10.1 Å². The number of hydrogen-bond donors (Lipinski definition) is 1. The second-order valence-electron chi connectivity index (χ2n) is 6.71. The predicted octanol–water partition coefficient (Wildman–Crippen LogP) is 4.46. The van der Waals surface area contributed by atoms with Crippen molar-refractivity contribution in [3.8, 4) is 17.0 Å². The lowest BCUT2D eigenvalue weighted by Crippen LogP contribution is -2.15. The molecule has 0 saturated heterocycles. The topological polar surface area (TPSA) is 73.0 Å². The molecule has 0 bridgehead atoms. The SMILES string of the molecule is Cc1nn(-c2ccc(F)cc2)c(C)c1CC(=O)Nc1ccc(-c2cnco2)cc1. The van der Waals surface area contributed by atoms with Crippen molar-refractivity contribution >= 4 is 11.6 Å². The molecule has 0 unspecified atom stereocenters. The molecule has 0 aliphatic carbocycles. The van der Waals surface area contributed by atoms with E-state index >= 15 is 0 Å². The highest BCUT2D eigenvalue weighted by atomic mass is 19.1. The molecule has 4 aromatic rings. The summed E-state index contributed by atoms with van der Waals surface area (Å²) >= 11 is 0. The molecular weight excluding hydrogens is 371 g/mol. The van der Waals surface area contributed by atoms with Crippen molar-refractivity contribution in [2.45, 2.75) is 20.3 Å². The molecule has 7 heteroatoms. The molecule has 0 saturated carbocycles. The van der Waals surface area contributed by atoms with Crippen LogP contribution in [0.3, 0.4) is 0 Å². The quantitative estimate of drug-likeness (QED) is 0.546. The first-order valence-electron chi connectivity index (χ1n) is 9.11. The first-order chi connectivity index (χ1) is 14.0. The van der Waals surface area contributed by atoms with Crippen LogP contribution in [0.5, 0.6) is 0 Å². The highest BCUT2D eigenvalue weighted by Gasteiger charge is 2.16. The minimum absolute atomic E-state index is 0.137. The lowest BCUT2D eigenvalue weighted by atomic mass is 10.1. The summed E-state index contributed by atoms with van der Waals surface area (Å²) in [6, 6.07) is 13.5. The van der Waals surface area contributed by atoms with E-state index in [2.05, 4.69) is 15.4 Å². The van der Waals surface area contributed by atoms with Gasteiger partial charge in [-0.3, -0.25) is 4.79 Å². The van der Waals surface area contributed by atoms with E-state index in [1.807, 2.05) is 38.1 Å². The number of aryl methyl sites for hydroxylation is 1. The summed E-state index contributed by atoms with van der Waals surface area (Å²) in [5.74, 6) is 0.230. The third-order valence-corrected chi connectivity index (χ3v) is 4.74. The Morgan fingerprint density at radius 3 is 2.48 bits per heavy atom. The largest absolute Gasteiger partial charge is 0.444 e. The number of aromatic nitrogens is 3. The number of rotatable bonds is 5. The van der Waals surface area contributed by atoms with Gasteiger partial charge in [0.2, 0.25) is 5.91 Å². The summed E-state index contributed by atoms with van der Waals surface area (Å²) in [6.07, 6.45) is 3.21. The Morgan fingerprint density at radius 1 is 1.10 bits per heavy atom. The van der Waals surface area contributed by atoms with Gasteiger partial charge in [-0.25, -0.2) is 14.1 Å². The van der Waals surface area contributed by atoms with Gasteiger partial charge < -0.3 is 9.73 Å². The number of hydrogen-bond acceptors (Lipinski definition) is 4. The zero-order valence-corrected chi connectivity index (χ0v) is 16.0. The van der Waals surface area contributed by atoms with Gasteiger partial charge in [0.1, 0.15) is 5.82 Å². The standard InChI is InChI=1S/C22H19FN4O2/c1-14-20(15(2)27(26-14)19-9-5-17(23)6-10-19)11-22(28)25-18-7-3-16(4-8-18)21-12-24-13-29-21/h3-10,12-13H,11H2,1-2H3,(H,25,28). The van der Waals surface area contributed by atoms with Gasteiger partial charge >= 0.3 is 0 Å². The molecule has 0 atom stereocenters. The Morgan fingerprint density at radius 2 is 1.83 bits per heavy atom. The van der Waals surface area contributed by atoms with Crippen LogP contribution in [0.2, 0.25) is 0 Å². The maximum Gasteiger partial charge on any atom is 0.228 e. The Hall–Kier alpha value is -3.74. The van der Waals surface area contributed by atoms with E-state index in [0.29, 0.717) is 11.4 Å². The van der Waals surface area contributed by atoms with E-state index in [-0.39, 0.29) is 18.1 Å². The highest BCUT2D eigenvalue weighted by Crippen LogP contribution is 2.22. The van der Waals surface area contributed by atoms with Crippen molar-refractivity contribution in [1.29, 1.82) is 0 Å². The minimum atomic E-state index is -0.302. The normalized spacial score (nSPS) is 10.9. The Kier molecular flexibility index (Phi) is 4.95. The van der Waals surface area contributed by atoms with Gasteiger partial charge in [-0.2, -0.15) is 5.10 Å². The number of nitrogens with zero attached hydrogens (tertiary/aromatic N) is 3. The van der Waals surface area contributed by atoms with Crippen LogP contribution in [0.25, 0.3) is 17.0 Å². The third kappa shape index (κ3) is 3.94. The number of oxazole rings is 1. The molecule has 0 aliphatic rings. The fraction of sp³-hybridized carbons (Fsp3) is 0.136. The predicted molar refractivity (Wildman–Crippen MR) is 107 cm³/mol. The first kappa shape index (κ1) is 18.6. The Bertz CT molecular complexity index is 1130. The zero-order chi connectivity index (χ0) is 20.4. The van der Waals surface area contributed by atoms with Crippen LogP contribution < -0.4 is 5.32 Å². The fourth-order valence-corrected chi connectivity index (χ4v) is 3.21. The van der Waals surface area contributed by atoms with Gasteiger partial charge in [-0.1, -0.05) is 0 Å². The van der Waals surface area contributed by atoms with E-state index < -0.39 is 0 Å². The Balaban J connectivity index is 1.48. The van der Waals surface area contributed by atoms with Gasteiger partial charge in [-0.15, -0.1) is 0 Å². The Labute approximate surface area is 167 Å². The molecule has 1 amide bonds. The van der Waals surface area contributed by atoms with Gasteiger partial charge in [0, 0.05) is 22.5 Å². The first-order valence-corrected chi connectivity index (χ1v) is 9.11. The van der Waals surface area contributed by atoms with Crippen molar-refractivity contribution in [1.82, 2.24) is 14.8 Å². The van der Waals surface area contributed by atoms with Crippen LogP contribution in [0, 0.1) is 19.7 Å². The summed E-state index contributed by atoms with van der Waals surface area (Å²) in [7, 11) is 0. The maximum absolute atomic E-state index is 13.2. The molecule has 2 heterocycles. The van der Waals surface area contributed by atoms with Crippen molar-refractivity contribution in [2.75, 3.05) is 5.32 Å². The number of carbonyl (C=O) groups excluding carboxylic acids is 1. The molecule has 6 nitrogen and oxygen atoms in total. The number of carbonyl (C=O) groups is 1. The third-order valence-electron chi connectivity index (χ3n) is 4.74. The van der Waals surface area contributed by atoms with Crippen LogP contribution in [0.15, 0.2) is 65.5 Å². The molecule has 1 N–H and O–H groups in total.